The molecule has 2 unspecified atom stereocenters. The van der Waals surface area contributed by atoms with E-state index in [9.17, 15) is 13.5 Å². The van der Waals surface area contributed by atoms with Gasteiger partial charge >= 0.3 is 0 Å². The number of hydrogen-bond donors (Lipinski definition) is 1. The largest absolute Gasteiger partial charge is 0.387 e. The number of aliphatic hydroxyl groups is 1. The van der Waals surface area contributed by atoms with Crippen molar-refractivity contribution < 1.29 is 13.5 Å². The van der Waals surface area contributed by atoms with Gasteiger partial charge in [0.15, 0.2) is 9.84 Å². The molecule has 2 atom stereocenters. The monoisotopic (exact) mass is 298 g/mol. The van der Waals surface area contributed by atoms with Crippen LogP contribution in [0.5, 0.6) is 0 Å². The van der Waals surface area contributed by atoms with Gasteiger partial charge in [0, 0.05) is 16.7 Å². The van der Waals surface area contributed by atoms with Crippen molar-refractivity contribution in [3.8, 4) is 0 Å². The summed E-state index contributed by atoms with van der Waals surface area (Å²) in [4.78, 5) is 0. The van der Waals surface area contributed by atoms with E-state index in [1.165, 1.54) is 6.92 Å². The van der Waals surface area contributed by atoms with Crippen LogP contribution in [0.2, 0.25) is 5.02 Å². The van der Waals surface area contributed by atoms with Gasteiger partial charge in [-0.2, -0.15) is 0 Å². The van der Waals surface area contributed by atoms with Crippen LogP contribution in [0.25, 0.3) is 10.8 Å². The molecule has 1 N–H and O–H groups in total. The van der Waals surface area contributed by atoms with Crippen LogP contribution >= 0.6 is 11.6 Å². The van der Waals surface area contributed by atoms with Crippen LogP contribution < -0.4 is 0 Å². The van der Waals surface area contributed by atoms with Crippen molar-refractivity contribution in [1.82, 2.24) is 0 Å². The lowest BCUT2D eigenvalue weighted by Gasteiger charge is -2.19. The molecular formula is C14H15ClO3S. The van der Waals surface area contributed by atoms with Gasteiger partial charge < -0.3 is 5.11 Å². The van der Waals surface area contributed by atoms with E-state index < -0.39 is 21.2 Å². The summed E-state index contributed by atoms with van der Waals surface area (Å²) < 4.78 is 23.1. The molecule has 19 heavy (non-hydrogen) atoms. The lowest BCUT2D eigenvalue weighted by Crippen LogP contribution is -2.24. The molecular weight excluding hydrogens is 284 g/mol. The summed E-state index contributed by atoms with van der Waals surface area (Å²) >= 11 is 6.10. The third-order valence-corrected chi connectivity index (χ3v) is 5.28. The first-order valence-electron chi connectivity index (χ1n) is 5.86. The van der Waals surface area contributed by atoms with Crippen molar-refractivity contribution in [3.05, 3.63) is 47.0 Å². The third kappa shape index (κ3) is 2.76. The zero-order chi connectivity index (χ0) is 14.2. The van der Waals surface area contributed by atoms with E-state index in [0.29, 0.717) is 10.6 Å². The summed E-state index contributed by atoms with van der Waals surface area (Å²) in [6, 6.07) is 10.7. The van der Waals surface area contributed by atoms with Crippen LogP contribution in [-0.4, -0.2) is 25.0 Å². The van der Waals surface area contributed by atoms with Crippen molar-refractivity contribution in [2.75, 3.05) is 6.26 Å². The first kappa shape index (κ1) is 14.3. The topological polar surface area (TPSA) is 54.4 Å². The predicted octanol–water partition coefficient (Wildman–Crippen LogP) is 2.96. The molecule has 0 bridgehead atoms. The Morgan fingerprint density at radius 3 is 2.26 bits per heavy atom. The van der Waals surface area contributed by atoms with E-state index in [-0.39, 0.29) is 0 Å². The highest BCUT2D eigenvalue weighted by Gasteiger charge is 2.26. The normalized spacial score (nSPS) is 15.4. The SMILES string of the molecule is CC(C(O)c1ccc(Cl)c2ccccc12)S(C)(=O)=O. The summed E-state index contributed by atoms with van der Waals surface area (Å²) in [6.07, 6.45) is 0.0519. The maximum atomic E-state index is 11.6. The predicted molar refractivity (Wildman–Crippen MR) is 78.2 cm³/mol. The van der Waals surface area contributed by atoms with Crippen molar-refractivity contribution >= 4 is 32.2 Å². The molecule has 0 amide bonds. The Hall–Kier alpha value is -1.10. The van der Waals surface area contributed by atoms with Crippen molar-refractivity contribution in [3.63, 3.8) is 0 Å². The molecule has 0 aliphatic rings. The van der Waals surface area contributed by atoms with E-state index in [1.807, 2.05) is 24.3 Å². The summed E-state index contributed by atoms with van der Waals surface area (Å²) in [6.45, 7) is 1.50. The molecule has 0 saturated carbocycles. The summed E-state index contributed by atoms with van der Waals surface area (Å²) in [7, 11) is -3.31. The van der Waals surface area contributed by atoms with Gasteiger partial charge in [-0.25, -0.2) is 8.42 Å². The molecule has 0 aliphatic heterocycles. The fourth-order valence-corrected chi connectivity index (χ4v) is 2.87. The van der Waals surface area contributed by atoms with Gasteiger partial charge in [0.2, 0.25) is 0 Å². The second kappa shape index (κ2) is 5.12. The number of benzene rings is 2. The van der Waals surface area contributed by atoms with Crippen LogP contribution in [-0.2, 0) is 9.84 Å². The number of fused-ring (bicyclic) bond motifs is 1. The number of hydrogen-bond acceptors (Lipinski definition) is 3. The number of halogens is 1. The minimum absolute atomic E-state index is 0.581. The molecule has 2 rings (SSSR count). The highest BCUT2D eigenvalue weighted by Crippen LogP contribution is 2.32. The molecule has 102 valence electrons. The Balaban J connectivity index is 2.61. The molecule has 0 spiro atoms. The fourth-order valence-electron chi connectivity index (χ4n) is 2.03. The van der Waals surface area contributed by atoms with E-state index in [4.69, 9.17) is 11.6 Å². The van der Waals surface area contributed by atoms with Crippen LogP contribution in [0.15, 0.2) is 36.4 Å². The molecule has 2 aromatic carbocycles. The van der Waals surface area contributed by atoms with Crippen molar-refractivity contribution in [1.29, 1.82) is 0 Å². The Kier molecular flexibility index (Phi) is 3.85. The van der Waals surface area contributed by atoms with Gasteiger partial charge in [0.05, 0.1) is 11.4 Å². The Bertz CT molecular complexity index is 710. The molecule has 2 aromatic rings. The minimum Gasteiger partial charge on any atom is -0.387 e. The van der Waals surface area contributed by atoms with Gasteiger partial charge in [-0.15, -0.1) is 0 Å². The quantitative estimate of drug-likeness (QED) is 0.948. The lowest BCUT2D eigenvalue weighted by atomic mass is 9.99. The van der Waals surface area contributed by atoms with Gasteiger partial charge in [-0.05, 0) is 23.9 Å². The second-order valence-electron chi connectivity index (χ2n) is 4.66. The average Bonchev–Trinajstić information content (AvgIpc) is 2.37. The average molecular weight is 299 g/mol. The van der Waals surface area contributed by atoms with Crippen LogP contribution in [0, 0.1) is 0 Å². The Labute approximate surface area is 117 Å². The van der Waals surface area contributed by atoms with Gasteiger partial charge in [0.25, 0.3) is 0 Å². The molecule has 5 heteroatoms. The van der Waals surface area contributed by atoms with Crippen LogP contribution in [0.1, 0.15) is 18.6 Å². The second-order valence-corrected chi connectivity index (χ2v) is 7.47. The zero-order valence-corrected chi connectivity index (χ0v) is 12.2. The lowest BCUT2D eigenvalue weighted by molar-refractivity contribution is 0.177. The van der Waals surface area contributed by atoms with Gasteiger partial charge in [-0.3, -0.25) is 0 Å². The molecule has 0 aliphatic carbocycles. The van der Waals surface area contributed by atoms with E-state index in [2.05, 4.69) is 0 Å². The molecule has 3 nitrogen and oxygen atoms in total. The van der Waals surface area contributed by atoms with Gasteiger partial charge in [0.1, 0.15) is 0 Å². The van der Waals surface area contributed by atoms with E-state index >= 15 is 0 Å². The maximum Gasteiger partial charge on any atom is 0.152 e. The van der Waals surface area contributed by atoms with Crippen LogP contribution in [0.4, 0.5) is 0 Å². The van der Waals surface area contributed by atoms with Crippen LogP contribution in [0.3, 0.4) is 0 Å². The fraction of sp³-hybridized carbons (Fsp3) is 0.286. The Morgan fingerprint density at radius 2 is 1.68 bits per heavy atom. The smallest absolute Gasteiger partial charge is 0.152 e. The first-order chi connectivity index (χ1) is 8.82. The van der Waals surface area contributed by atoms with Gasteiger partial charge in [-0.1, -0.05) is 41.9 Å². The molecule has 0 saturated heterocycles. The van der Waals surface area contributed by atoms with Crippen molar-refractivity contribution in [2.24, 2.45) is 0 Å². The van der Waals surface area contributed by atoms with E-state index in [0.717, 1.165) is 17.0 Å². The summed E-state index contributed by atoms with van der Waals surface area (Å²) in [5.41, 5.74) is 0.581. The number of aliphatic hydroxyl groups excluding tert-OH is 1. The Morgan fingerprint density at radius 1 is 1.11 bits per heavy atom. The zero-order valence-electron chi connectivity index (χ0n) is 10.7. The standard InChI is InChI=1S/C14H15ClO3S/c1-9(19(2,17)18)14(16)12-7-8-13(15)11-6-4-3-5-10(11)12/h3-9,14,16H,1-2H3. The molecule has 0 aromatic heterocycles. The number of rotatable bonds is 3. The summed E-state index contributed by atoms with van der Waals surface area (Å²) in [5.74, 6) is 0. The van der Waals surface area contributed by atoms with Crippen molar-refractivity contribution in [2.45, 2.75) is 18.3 Å². The first-order valence-corrected chi connectivity index (χ1v) is 8.19. The molecule has 0 fully saturated rings. The molecule has 0 heterocycles. The summed E-state index contributed by atoms with van der Waals surface area (Å²) in [5, 5.41) is 11.6. The minimum atomic E-state index is -3.31. The highest BCUT2D eigenvalue weighted by atomic mass is 35.5. The van der Waals surface area contributed by atoms with E-state index in [1.54, 1.807) is 12.1 Å². The number of sulfone groups is 1. The maximum absolute atomic E-state index is 11.6. The third-order valence-electron chi connectivity index (χ3n) is 3.34. The molecule has 0 radical (unpaired) electrons. The highest BCUT2D eigenvalue weighted by molar-refractivity contribution is 7.91.